The average Bonchev–Trinajstić information content (AvgIpc) is 2.74. The zero-order valence-electron chi connectivity index (χ0n) is 11.8. The Morgan fingerprint density at radius 1 is 0.950 bits per heavy atom. The SMILES string of the molecule is CC1(C)Nc2ccccc2Cc2[nH]c3ccccc3c21. The summed E-state index contributed by atoms with van der Waals surface area (Å²) < 4.78 is 0. The molecule has 2 N–H and O–H groups in total. The number of aromatic nitrogens is 1. The summed E-state index contributed by atoms with van der Waals surface area (Å²) in [5, 5.41) is 5.04. The first-order valence-corrected chi connectivity index (χ1v) is 7.11. The largest absolute Gasteiger partial charge is 0.376 e. The van der Waals surface area contributed by atoms with E-state index in [1.807, 2.05) is 0 Å². The number of para-hydroxylation sites is 2. The van der Waals surface area contributed by atoms with Crippen LogP contribution in [0.25, 0.3) is 10.9 Å². The molecule has 0 saturated carbocycles. The Bertz CT molecular complexity index is 796. The summed E-state index contributed by atoms with van der Waals surface area (Å²) in [5.74, 6) is 0. The Balaban J connectivity index is 2.03. The lowest BCUT2D eigenvalue weighted by Crippen LogP contribution is -2.27. The topological polar surface area (TPSA) is 27.8 Å². The molecule has 2 heterocycles. The molecule has 4 rings (SSSR count). The van der Waals surface area contributed by atoms with Gasteiger partial charge in [0.2, 0.25) is 0 Å². The second-order valence-electron chi connectivity index (χ2n) is 6.11. The monoisotopic (exact) mass is 262 g/mol. The molecule has 0 spiro atoms. The van der Waals surface area contributed by atoms with Crippen molar-refractivity contribution in [2.24, 2.45) is 0 Å². The first kappa shape index (κ1) is 11.6. The molecule has 2 nitrogen and oxygen atoms in total. The molecule has 1 aliphatic heterocycles. The maximum Gasteiger partial charge on any atom is 0.0593 e. The molecule has 3 aromatic rings. The third kappa shape index (κ3) is 1.58. The van der Waals surface area contributed by atoms with E-state index >= 15 is 0 Å². The van der Waals surface area contributed by atoms with Crippen molar-refractivity contribution in [3.8, 4) is 0 Å². The molecule has 20 heavy (non-hydrogen) atoms. The van der Waals surface area contributed by atoms with E-state index in [4.69, 9.17) is 0 Å². The van der Waals surface area contributed by atoms with Gasteiger partial charge in [-0.1, -0.05) is 36.4 Å². The summed E-state index contributed by atoms with van der Waals surface area (Å²) in [4.78, 5) is 3.61. The zero-order valence-corrected chi connectivity index (χ0v) is 11.8. The Morgan fingerprint density at radius 2 is 1.70 bits per heavy atom. The van der Waals surface area contributed by atoms with Gasteiger partial charge in [0, 0.05) is 34.3 Å². The second kappa shape index (κ2) is 3.89. The number of anilines is 1. The first-order chi connectivity index (χ1) is 9.65. The van der Waals surface area contributed by atoms with Gasteiger partial charge in [-0.05, 0) is 31.5 Å². The molecular formula is C18H18N2. The summed E-state index contributed by atoms with van der Waals surface area (Å²) in [6, 6.07) is 17.2. The van der Waals surface area contributed by atoms with Crippen LogP contribution >= 0.6 is 0 Å². The molecule has 0 unspecified atom stereocenters. The molecule has 1 aromatic heterocycles. The van der Waals surface area contributed by atoms with Crippen molar-refractivity contribution in [2.75, 3.05) is 5.32 Å². The molecule has 2 aromatic carbocycles. The molecule has 0 fully saturated rings. The predicted octanol–water partition coefficient (Wildman–Crippen LogP) is 4.42. The van der Waals surface area contributed by atoms with Gasteiger partial charge in [0.1, 0.15) is 0 Å². The number of hydrogen-bond donors (Lipinski definition) is 2. The zero-order chi connectivity index (χ0) is 13.7. The molecule has 0 atom stereocenters. The minimum Gasteiger partial charge on any atom is -0.376 e. The van der Waals surface area contributed by atoms with Gasteiger partial charge >= 0.3 is 0 Å². The van der Waals surface area contributed by atoms with E-state index in [0.29, 0.717) is 0 Å². The van der Waals surface area contributed by atoms with Crippen LogP contribution in [0.5, 0.6) is 0 Å². The van der Waals surface area contributed by atoms with Crippen molar-refractivity contribution < 1.29 is 0 Å². The highest BCUT2D eigenvalue weighted by Crippen LogP contribution is 2.39. The quantitative estimate of drug-likeness (QED) is 0.616. The number of nitrogens with one attached hydrogen (secondary N) is 2. The first-order valence-electron chi connectivity index (χ1n) is 7.11. The van der Waals surface area contributed by atoms with E-state index in [0.717, 1.165) is 6.42 Å². The standard InChI is InChI=1S/C18H18N2/c1-18(2)17-13-8-4-6-10-15(13)19-16(17)11-12-7-3-5-9-14(12)20-18/h3-10,19-20H,11H2,1-2H3. The van der Waals surface area contributed by atoms with Crippen LogP contribution in [0.1, 0.15) is 30.7 Å². The van der Waals surface area contributed by atoms with Crippen molar-refractivity contribution >= 4 is 16.6 Å². The number of hydrogen-bond acceptors (Lipinski definition) is 1. The van der Waals surface area contributed by atoms with Gasteiger partial charge in [0.15, 0.2) is 0 Å². The highest BCUT2D eigenvalue weighted by atomic mass is 15.0. The lowest BCUT2D eigenvalue weighted by molar-refractivity contribution is 0.614. The van der Waals surface area contributed by atoms with Gasteiger partial charge < -0.3 is 10.3 Å². The minimum absolute atomic E-state index is 0.0818. The van der Waals surface area contributed by atoms with Gasteiger partial charge in [-0.15, -0.1) is 0 Å². The molecule has 0 saturated heterocycles. The lowest BCUT2D eigenvalue weighted by atomic mass is 9.91. The molecule has 0 radical (unpaired) electrons. The fraction of sp³-hybridized carbons (Fsp3) is 0.222. The maximum atomic E-state index is 3.71. The van der Waals surface area contributed by atoms with Crippen LogP contribution in [0.3, 0.4) is 0 Å². The Labute approximate surface area is 118 Å². The fourth-order valence-electron chi connectivity index (χ4n) is 3.43. The van der Waals surface area contributed by atoms with Gasteiger partial charge in [-0.2, -0.15) is 0 Å². The molecule has 0 bridgehead atoms. The average molecular weight is 262 g/mol. The Morgan fingerprint density at radius 3 is 2.60 bits per heavy atom. The van der Waals surface area contributed by atoms with Crippen LogP contribution in [0, 0.1) is 0 Å². The molecule has 100 valence electrons. The van der Waals surface area contributed by atoms with Gasteiger partial charge in [0.05, 0.1) is 5.54 Å². The summed E-state index contributed by atoms with van der Waals surface area (Å²) in [6.07, 6.45) is 0.955. The Kier molecular flexibility index (Phi) is 2.25. The van der Waals surface area contributed by atoms with Gasteiger partial charge in [-0.25, -0.2) is 0 Å². The Hall–Kier alpha value is -2.22. The van der Waals surface area contributed by atoms with Crippen LogP contribution in [-0.4, -0.2) is 4.98 Å². The third-order valence-electron chi connectivity index (χ3n) is 4.24. The van der Waals surface area contributed by atoms with Gasteiger partial charge in [0.25, 0.3) is 0 Å². The highest BCUT2D eigenvalue weighted by Gasteiger charge is 2.30. The van der Waals surface area contributed by atoms with Crippen LogP contribution in [0.15, 0.2) is 48.5 Å². The fourth-order valence-corrected chi connectivity index (χ4v) is 3.43. The smallest absolute Gasteiger partial charge is 0.0593 e. The summed E-state index contributed by atoms with van der Waals surface area (Å²) in [5.41, 5.74) is 6.46. The van der Waals surface area contributed by atoms with Crippen LogP contribution in [0.2, 0.25) is 0 Å². The highest BCUT2D eigenvalue weighted by molar-refractivity contribution is 5.87. The molecule has 2 heteroatoms. The molecule has 0 aliphatic carbocycles. The van der Waals surface area contributed by atoms with E-state index in [9.17, 15) is 0 Å². The number of aromatic amines is 1. The van der Waals surface area contributed by atoms with Crippen molar-refractivity contribution in [1.29, 1.82) is 0 Å². The van der Waals surface area contributed by atoms with E-state index in [2.05, 4.69) is 72.7 Å². The third-order valence-corrected chi connectivity index (χ3v) is 4.24. The maximum absolute atomic E-state index is 3.71. The summed E-state index contributed by atoms with van der Waals surface area (Å²) in [6.45, 7) is 4.52. The number of rotatable bonds is 0. The van der Waals surface area contributed by atoms with Crippen molar-refractivity contribution in [1.82, 2.24) is 4.98 Å². The van der Waals surface area contributed by atoms with Crippen molar-refractivity contribution in [3.05, 3.63) is 65.4 Å². The van der Waals surface area contributed by atoms with Crippen molar-refractivity contribution in [2.45, 2.75) is 25.8 Å². The lowest BCUT2D eigenvalue weighted by Gasteiger charge is -2.27. The normalized spacial score (nSPS) is 16.1. The van der Waals surface area contributed by atoms with E-state index in [1.54, 1.807) is 0 Å². The van der Waals surface area contributed by atoms with Gasteiger partial charge in [-0.3, -0.25) is 0 Å². The number of benzene rings is 2. The number of H-pyrrole nitrogens is 1. The van der Waals surface area contributed by atoms with E-state index in [-0.39, 0.29) is 5.54 Å². The minimum atomic E-state index is -0.0818. The summed E-state index contributed by atoms with van der Waals surface area (Å²) >= 11 is 0. The second-order valence-corrected chi connectivity index (χ2v) is 6.11. The summed E-state index contributed by atoms with van der Waals surface area (Å²) in [7, 11) is 0. The molecule has 1 aliphatic rings. The number of fused-ring (bicyclic) bond motifs is 4. The predicted molar refractivity (Wildman–Crippen MR) is 84.2 cm³/mol. The molecular weight excluding hydrogens is 244 g/mol. The van der Waals surface area contributed by atoms with Crippen LogP contribution < -0.4 is 5.32 Å². The molecule has 0 amide bonds. The van der Waals surface area contributed by atoms with Crippen LogP contribution in [0.4, 0.5) is 5.69 Å². The van der Waals surface area contributed by atoms with Crippen LogP contribution in [-0.2, 0) is 12.0 Å². The van der Waals surface area contributed by atoms with E-state index in [1.165, 1.54) is 33.4 Å². The van der Waals surface area contributed by atoms with E-state index < -0.39 is 0 Å². The van der Waals surface area contributed by atoms with Crippen molar-refractivity contribution in [3.63, 3.8) is 0 Å².